The minimum Gasteiger partial charge on any atom is -0.480 e. The molecule has 0 saturated carbocycles. The summed E-state index contributed by atoms with van der Waals surface area (Å²) in [5.74, 6) is -1.01. The topological polar surface area (TPSA) is 63.3 Å². The highest BCUT2D eigenvalue weighted by Gasteiger charge is 2.32. The molecule has 3 heteroatoms. The summed E-state index contributed by atoms with van der Waals surface area (Å²) in [7, 11) is 0. The Balaban J connectivity index is 3.39. The first-order valence-electron chi connectivity index (χ1n) is 5.70. The Hall–Kier alpha value is -1.35. The second kappa shape index (κ2) is 4.15. The molecule has 1 rings (SSSR count). The van der Waals surface area contributed by atoms with Crippen LogP contribution in [0, 0.1) is 6.92 Å². The van der Waals surface area contributed by atoms with Crippen molar-refractivity contribution in [2.45, 2.75) is 45.6 Å². The van der Waals surface area contributed by atoms with Gasteiger partial charge in [0.1, 0.15) is 5.54 Å². The van der Waals surface area contributed by atoms with Gasteiger partial charge in [-0.2, -0.15) is 0 Å². The summed E-state index contributed by atoms with van der Waals surface area (Å²) in [6.45, 7) is 9.70. The van der Waals surface area contributed by atoms with Gasteiger partial charge in [-0.25, -0.2) is 4.79 Å². The summed E-state index contributed by atoms with van der Waals surface area (Å²) < 4.78 is 0. The summed E-state index contributed by atoms with van der Waals surface area (Å²) >= 11 is 0. The Morgan fingerprint density at radius 3 is 2.18 bits per heavy atom. The van der Waals surface area contributed by atoms with E-state index in [0.29, 0.717) is 5.56 Å². The van der Waals surface area contributed by atoms with E-state index in [2.05, 4.69) is 20.8 Å². The van der Waals surface area contributed by atoms with E-state index in [-0.39, 0.29) is 5.41 Å². The lowest BCUT2D eigenvalue weighted by atomic mass is 9.81. The van der Waals surface area contributed by atoms with Crippen LogP contribution in [-0.2, 0) is 15.7 Å². The molecule has 0 radical (unpaired) electrons. The summed E-state index contributed by atoms with van der Waals surface area (Å²) in [5, 5.41) is 9.19. The van der Waals surface area contributed by atoms with Gasteiger partial charge >= 0.3 is 5.97 Å². The molecule has 1 atom stereocenters. The van der Waals surface area contributed by atoms with Crippen molar-refractivity contribution in [3.63, 3.8) is 0 Å². The number of aryl methyl sites for hydroxylation is 1. The van der Waals surface area contributed by atoms with E-state index in [9.17, 15) is 9.90 Å². The molecule has 0 aliphatic heterocycles. The van der Waals surface area contributed by atoms with Crippen LogP contribution in [0.25, 0.3) is 0 Å². The van der Waals surface area contributed by atoms with Gasteiger partial charge in [-0.1, -0.05) is 39.0 Å². The lowest BCUT2D eigenvalue weighted by molar-refractivity contribution is -0.143. The maximum absolute atomic E-state index is 11.2. The molecule has 0 aliphatic carbocycles. The lowest BCUT2D eigenvalue weighted by Gasteiger charge is -2.26. The molecular weight excluding hydrogens is 214 g/mol. The van der Waals surface area contributed by atoms with Crippen LogP contribution in [0.4, 0.5) is 0 Å². The van der Waals surface area contributed by atoms with Crippen molar-refractivity contribution in [1.82, 2.24) is 0 Å². The van der Waals surface area contributed by atoms with Crippen molar-refractivity contribution in [2.75, 3.05) is 0 Å². The van der Waals surface area contributed by atoms with E-state index in [1.807, 2.05) is 25.1 Å². The summed E-state index contributed by atoms with van der Waals surface area (Å²) in [4.78, 5) is 11.2. The molecule has 0 aromatic heterocycles. The molecule has 17 heavy (non-hydrogen) atoms. The van der Waals surface area contributed by atoms with Gasteiger partial charge in [-0.05, 0) is 36.0 Å². The maximum Gasteiger partial charge on any atom is 0.328 e. The minimum absolute atomic E-state index is 0.0168. The highest BCUT2D eigenvalue weighted by Crippen LogP contribution is 2.29. The van der Waals surface area contributed by atoms with Crippen molar-refractivity contribution in [3.8, 4) is 0 Å². The van der Waals surface area contributed by atoms with E-state index >= 15 is 0 Å². The largest absolute Gasteiger partial charge is 0.480 e. The molecule has 0 heterocycles. The van der Waals surface area contributed by atoms with Gasteiger partial charge in [0.25, 0.3) is 0 Å². The number of hydrogen-bond acceptors (Lipinski definition) is 2. The number of carboxylic acid groups (broad SMARTS) is 1. The van der Waals surface area contributed by atoms with Gasteiger partial charge < -0.3 is 10.8 Å². The molecular formula is C14H21NO2. The average molecular weight is 235 g/mol. The van der Waals surface area contributed by atoms with E-state index < -0.39 is 11.5 Å². The number of carboxylic acids is 1. The van der Waals surface area contributed by atoms with Crippen molar-refractivity contribution >= 4 is 5.97 Å². The zero-order valence-electron chi connectivity index (χ0n) is 11.2. The zero-order valence-corrected chi connectivity index (χ0v) is 11.2. The molecule has 3 nitrogen and oxygen atoms in total. The zero-order chi connectivity index (χ0) is 13.4. The summed E-state index contributed by atoms with van der Waals surface area (Å²) in [6, 6.07) is 5.87. The second-order valence-corrected chi connectivity index (χ2v) is 5.79. The smallest absolute Gasteiger partial charge is 0.328 e. The minimum atomic E-state index is -1.34. The van der Waals surface area contributed by atoms with Crippen molar-refractivity contribution < 1.29 is 9.90 Å². The normalized spacial score (nSPS) is 15.4. The van der Waals surface area contributed by atoms with Crippen LogP contribution in [0.3, 0.4) is 0 Å². The van der Waals surface area contributed by atoms with E-state index in [1.54, 1.807) is 0 Å². The lowest BCUT2D eigenvalue weighted by Crippen LogP contribution is -2.42. The van der Waals surface area contributed by atoms with Gasteiger partial charge in [0.15, 0.2) is 0 Å². The number of nitrogens with two attached hydrogens (primary N) is 1. The van der Waals surface area contributed by atoms with Crippen LogP contribution in [0.1, 0.15) is 44.4 Å². The van der Waals surface area contributed by atoms with Crippen LogP contribution >= 0.6 is 0 Å². The van der Waals surface area contributed by atoms with Crippen LogP contribution in [0.15, 0.2) is 18.2 Å². The fourth-order valence-electron chi connectivity index (χ4n) is 1.76. The van der Waals surface area contributed by atoms with Crippen LogP contribution < -0.4 is 5.73 Å². The number of carbonyl (C=O) groups is 1. The molecule has 0 saturated heterocycles. The maximum atomic E-state index is 11.2. The Bertz CT molecular complexity index is 442. The Labute approximate surface area is 103 Å². The van der Waals surface area contributed by atoms with Gasteiger partial charge in [0.2, 0.25) is 0 Å². The Morgan fingerprint density at radius 2 is 1.76 bits per heavy atom. The molecule has 0 bridgehead atoms. The molecule has 0 spiro atoms. The van der Waals surface area contributed by atoms with E-state index in [1.165, 1.54) is 6.92 Å². The third-order valence-corrected chi connectivity index (χ3v) is 3.11. The van der Waals surface area contributed by atoms with Crippen LogP contribution in [-0.4, -0.2) is 11.1 Å². The Kier molecular flexibility index (Phi) is 3.35. The monoisotopic (exact) mass is 235 g/mol. The first kappa shape index (κ1) is 13.7. The molecule has 1 unspecified atom stereocenters. The Morgan fingerprint density at radius 1 is 1.24 bits per heavy atom. The fourth-order valence-corrected chi connectivity index (χ4v) is 1.76. The van der Waals surface area contributed by atoms with E-state index in [4.69, 9.17) is 5.73 Å². The second-order valence-electron chi connectivity index (χ2n) is 5.79. The predicted octanol–water partition coefficient (Wildman–Crippen LogP) is 2.55. The van der Waals surface area contributed by atoms with Crippen molar-refractivity contribution in [2.24, 2.45) is 5.73 Å². The van der Waals surface area contributed by atoms with Gasteiger partial charge in [0, 0.05) is 0 Å². The number of aliphatic carboxylic acids is 1. The van der Waals surface area contributed by atoms with Crippen molar-refractivity contribution in [3.05, 3.63) is 34.9 Å². The molecule has 3 N–H and O–H groups in total. The predicted molar refractivity (Wildman–Crippen MR) is 69.1 cm³/mol. The van der Waals surface area contributed by atoms with Gasteiger partial charge in [-0.15, -0.1) is 0 Å². The molecule has 1 aromatic rings. The van der Waals surface area contributed by atoms with Gasteiger partial charge in [0.05, 0.1) is 0 Å². The van der Waals surface area contributed by atoms with Crippen LogP contribution in [0.5, 0.6) is 0 Å². The fraction of sp³-hybridized carbons (Fsp3) is 0.500. The van der Waals surface area contributed by atoms with Crippen LogP contribution in [0.2, 0.25) is 0 Å². The summed E-state index contributed by atoms with van der Waals surface area (Å²) in [5.41, 5.74) is 7.22. The third-order valence-electron chi connectivity index (χ3n) is 3.11. The first-order chi connectivity index (χ1) is 7.56. The molecule has 94 valence electrons. The van der Waals surface area contributed by atoms with Gasteiger partial charge in [-0.3, -0.25) is 0 Å². The number of benzene rings is 1. The third kappa shape index (κ3) is 2.67. The molecule has 0 fully saturated rings. The number of rotatable bonds is 2. The van der Waals surface area contributed by atoms with Crippen molar-refractivity contribution in [1.29, 1.82) is 0 Å². The average Bonchev–Trinajstić information content (AvgIpc) is 2.15. The number of hydrogen-bond donors (Lipinski definition) is 2. The van der Waals surface area contributed by atoms with E-state index in [0.717, 1.165) is 11.1 Å². The SMILES string of the molecule is Cc1ccc(C(C)(C)C)cc1C(C)(N)C(=O)O. The molecule has 0 amide bonds. The highest BCUT2D eigenvalue weighted by atomic mass is 16.4. The quantitative estimate of drug-likeness (QED) is 0.828. The standard InChI is InChI=1S/C14H21NO2/c1-9-6-7-10(13(2,3)4)8-11(9)14(5,15)12(16)17/h6-8H,15H2,1-5H3,(H,16,17). The highest BCUT2D eigenvalue weighted by molar-refractivity contribution is 5.80. The summed E-state index contributed by atoms with van der Waals surface area (Å²) in [6.07, 6.45) is 0. The molecule has 0 aliphatic rings. The first-order valence-corrected chi connectivity index (χ1v) is 5.70. The molecule has 1 aromatic carbocycles.